The second-order valence-electron chi connectivity index (χ2n) is 5.51. The molecule has 20 heavy (non-hydrogen) atoms. The van der Waals surface area contributed by atoms with Crippen LogP contribution in [0.4, 0.5) is 0 Å². The Bertz CT molecular complexity index is 666. The maximum Gasteiger partial charge on any atom is 0.335 e. The molecule has 0 amide bonds. The molecule has 0 saturated carbocycles. The highest BCUT2D eigenvalue weighted by atomic mass is 32.1. The third-order valence-electron chi connectivity index (χ3n) is 3.70. The second kappa shape index (κ2) is 4.98. The lowest BCUT2D eigenvalue weighted by Gasteiger charge is -2.22. The monoisotopic (exact) mass is 288 g/mol. The highest BCUT2D eigenvalue weighted by Crippen LogP contribution is 2.40. The van der Waals surface area contributed by atoms with Crippen LogP contribution in [0.3, 0.4) is 0 Å². The Hall–Kier alpha value is -1.75. The van der Waals surface area contributed by atoms with E-state index in [0.29, 0.717) is 17.5 Å². The van der Waals surface area contributed by atoms with E-state index in [-0.39, 0.29) is 5.56 Å². The van der Waals surface area contributed by atoms with Crippen molar-refractivity contribution in [1.29, 1.82) is 0 Å². The molecular formula is C15H16N2O2S. The van der Waals surface area contributed by atoms with E-state index >= 15 is 0 Å². The van der Waals surface area contributed by atoms with Gasteiger partial charge >= 0.3 is 5.97 Å². The van der Waals surface area contributed by atoms with Crippen LogP contribution in [0.2, 0.25) is 0 Å². The summed E-state index contributed by atoms with van der Waals surface area (Å²) in [5.41, 5.74) is 2.08. The van der Waals surface area contributed by atoms with Crippen LogP contribution in [0.5, 0.6) is 0 Å². The first-order chi connectivity index (χ1) is 9.54. The minimum absolute atomic E-state index is 0.254. The second-order valence-corrected chi connectivity index (χ2v) is 6.54. The van der Waals surface area contributed by atoms with Crippen LogP contribution in [-0.2, 0) is 6.42 Å². The summed E-state index contributed by atoms with van der Waals surface area (Å²) in [6.45, 7) is 4.49. The van der Waals surface area contributed by atoms with Crippen LogP contribution in [0.1, 0.15) is 47.1 Å². The summed E-state index contributed by atoms with van der Waals surface area (Å²) in [4.78, 5) is 21.3. The smallest absolute Gasteiger partial charge is 0.335 e. The largest absolute Gasteiger partial charge is 0.478 e. The zero-order valence-electron chi connectivity index (χ0n) is 11.5. The third kappa shape index (κ3) is 2.33. The van der Waals surface area contributed by atoms with Crippen molar-refractivity contribution in [3.8, 4) is 10.7 Å². The Labute approximate surface area is 121 Å². The number of aromatic carboxylic acids is 1. The van der Waals surface area contributed by atoms with E-state index < -0.39 is 5.97 Å². The zero-order valence-corrected chi connectivity index (χ0v) is 12.3. The fraction of sp³-hybridized carbons (Fsp3) is 0.400. The van der Waals surface area contributed by atoms with Gasteiger partial charge in [0.25, 0.3) is 0 Å². The van der Waals surface area contributed by atoms with Crippen LogP contribution in [0.25, 0.3) is 10.7 Å². The fourth-order valence-electron chi connectivity index (χ4n) is 2.81. The van der Waals surface area contributed by atoms with Crippen molar-refractivity contribution in [2.24, 2.45) is 5.92 Å². The number of hydrogen-bond donors (Lipinski definition) is 1. The quantitative estimate of drug-likeness (QED) is 0.917. The van der Waals surface area contributed by atoms with E-state index in [4.69, 9.17) is 5.11 Å². The molecule has 104 valence electrons. The Balaban J connectivity index is 2.02. The van der Waals surface area contributed by atoms with Gasteiger partial charge in [0, 0.05) is 11.1 Å². The van der Waals surface area contributed by atoms with Gasteiger partial charge in [0.15, 0.2) is 0 Å². The van der Waals surface area contributed by atoms with Gasteiger partial charge in [-0.05, 0) is 36.8 Å². The number of carbonyl (C=O) groups is 1. The Morgan fingerprint density at radius 1 is 1.45 bits per heavy atom. The molecule has 0 spiro atoms. The number of rotatable bonds is 2. The summed E-state index contributed by atoms with van der Waals surface area (Å²) in [6.07, 6.45) is 3.73. The predicted molar refractivity (Wildman–Crippen MR) is 78.2 cm³/mol. The first-order valence-corrected chi connectivity index (χ1v) is 7.55. The summed E-state index contributed by atoms with van der Waals surface area (Å²) in [6, 6.07) is 3.10. The van der Waals surface area contributed by atoms with E-state index in [1.54, 1.807) is 17.4 Å². The van der Waals surface area contributed by atoms with Gasteiger partial charge in [-0.2, -0.15) is 0 Å². The van der Waals surface area contributed by atoms with Gasteiger partial charge in [-0.1, -0.05) is 13.8 Å². The standard InChI is InChI=1S/C15H16N2O2S/c1-8-5-9(2)13-11(6-8)17-14(20-13)12-7-10(15(18)19)3-4-16-12/h3-4,7-9H,5-6H2,1-2H3,(H,18,19). The van der Waals surface area contributed by atoms with E-state index in [2.05, 4.69) is 23.8 Å². The number of nitrogens with zero attached hydrogens (tertiary/aromatic N) is 2. The number of hydrogen-bond acceptors (Lipinski definition) is 4. The number of thiazole rings is 1. The summed E-state index contributed by atoms with van der Waals surface area (Å²) >= 11 is 1.65. The van der Waals surface area contributed by atoms with Gasteiger partial charge in [0.1, 0.15) is 5.01 Å². The highest BCUT2D eigenvalue weighted by molar-refractivity contribution is 7.15. The van der Waals surface area contributed by atoms with Gasteiger partial charge in [-0.3, -0.25) is 4.98 Å². The molecule has 0 bridgehead atoms. The predicted octanol–water partition coefficient (Wildman–Crippen LogP) is 3.59. The van der Waals surface area contributed by atoms with Crippen molar-refractivity contribution in [2.45, 2.75) is 32.6 Å². The molecule has 0 fully saturated rings. The molecule has 2 aromatic heterocycles. The molecule has 4 nitrogen and oxygen atoms in total. The first-order valence-electron chi connectivity index (χ1n) is 6.74. The lowest BCUT2D eigenvalue weighted by Crippen LogP contribution is -2.12. The van der Waals surface area contributed by atoms with Crippen molar-refractivity contribution in [1.82, 2.24) is 9.97 Å². The Morgan fingerprint density at radius 2 is 2.25 bits per heavy atom. The number of carboxylic acids is 1. The molecule has 5 heteroatoms. The summed E-state index contributed by atoms with van der Waals surface area (Å²) in [5.74, 6) is 0.255. The van der Waals surface area contributed by atoms with Crippen molar-refractivity contribution >= 4 is 17.3 Å². The summed E-state index contributed by atoms with van der Waals surface area (Å²) < 4.78 is 0. The SMILES string of the molecule is CC1Cc2nc(-c3cc(C(=O)O)ccn3)sc2C(C)C1. The van der Waals surface area contributed by atoms with Crippen LogP contribution < -0.4 is 0 Å². The maximum absolute atomic E-state index is 11.0. The summed E-state index contributed by atoms with van der Waals surface area (Å²) in [7, 11) is 0. The highest BCUT2D eigenvalue weighted by Gasteiger charge is 2.26. The van der Waals surface area contributed by atoms with Crippen molar-refractivity contribution in [2.75, 3.05) is 0 Å². The number of pyridine rings is 1. The molecule has 2 unspecified atom stereocenters. The molecule has 0 aliphatic heterocycles. The van der Waals surface area contributed by atoms with E-state index in [0.717, 1.165) is 11.4 Å². The molecule has 1 aliphatic rings. The van der Waals surface area contributed by atoms with Gasteiger partial charge in [0.05, 0.1) is 17.0 Å². The molecule has 2 aromatic rings. The lowest BCUT2D eigenvalue weighted by atomic mass is 9.86. The van der Waals surface area contributed by atoms with Gasteiger partial charge in [-0.15, -0.1) is 11.3 Å². The van der Waals surface area contributed by atoms with Crippen LogP contribution >= 0.6 is 11.3 Å². The normalized spacial score (nSPS) is 21.5. The minimum Gasteiger partial charge on any atom is -0.478 e. The fourth-order valence-corrected chi connectivity index (χ4v) is 3.93. The molecule has 2 atom stereocenters. The van der Waals surface area contributed by atoms with E-state index in [1.165, 1.54) is 29.3 Å². The van der Waals surface area contributed by atoms with Gasteiger partial charge in [-0.25, -0.2) is 9.78 Å². The average molecular weight is 288 g/mol. The molecular weight excluding hydrogens is 272 g/mol. The van der Waals surface area contributed by atoms with Crippen molar-refractivity contribution in [3.63, 3.8) is 0 Å². The van der Waals surface area contributed by atoms with Crippen molar-refractivity contribution in [3.05, 3.63) is 34.5 Å². The van der Waals surface area contributed by atoms with Crippen LogP contribution in [0.15, 0.2) is 18.3 Å². The Kier molecular flexibility index (Phi) is 3.30. The number of fused-ring (bicyclic) bond motifs is 1. The zero-order chi connectivity index (χ0) is 14.3. The topological polar surface area (TPSA) is 63.1 Å². The molecule has 0 saturated heterocycles. The minimum atomic E-state index is -0.933. The van der Waals surface area contributed by atoms with Crippen molar-refractivity contribution < 1.29 is 9.90 Å². The molecule has 0 aromatic carbocycles. The van der Waals surface area contributed by atoms with Gasteiger partial charge in [0.2, 0.25) is 0 Å². The summed E-state index contributed by atoms with van der Waals surface area (Å²) in [5, 5.41) is 9.88. The molecule has 0 radical (unpaired) electrons. The number of carboxylic acid groups (broad SMARTS) is 1. The maximum atomic E-state index is 11.0. The van der Waals surface area contributed by atoms with E-state index in [9.17, 15) is 4.79 Å². The Morgan fingerprint density at radius 3 is 3.00 bits per heavy atom. The van der Waals surface area contributed by atoms with E-state index in [1.807, 2.05) is 0 Å². The molecule has 1 aliphatic carbocycles. The van der Waals surface area contributed by atoms with Gasteiger partial charge < -0.3 is 5.11 Å². The molecule has 1 N–H and O–H groups in total. The molecule has 3 rings (SSSR count). The average Bonchev–Trinajstić information content (AvgIpc) is 2.83. The van der Waals surface area contributed by atoms with Crippen LogP contribution in [-0.4, -0.2) is 21.0 Å². The first kappa shape index (κ1) is 13.2. The number of aromatic nitrogens is 2. The third-order valence-corrected chi connectivity index (χ3v) is 5.05. The lowest BCUT2D eigenvalue weighted by molar-refractivity contribution is 0.0697. The van der Waals surface area contributed by atoms with Crippen LogP contribution in [0, 0.1) is 5.92 Å². The molecule has 2 heterocycles.